The van der Waals surface area contributed by atoms with Crippen LogP contribution in [0.5, 0.6) is 0 Å². The first-order chi connectivity index (χ1) is 15.6. The summed E-state index contributed by atoms with van der Waals surface area (Å²) in [5, 5.41) is 0. The van der Waals surface area contributed by atoms with Gasteiger partial charge in [-0.05, 0) is 98.7 Å². The lowest BCUT2D eigenvalue weighted by molar-refractivity contribution is 1.45. The smallest absolute Gasteiger partial charge is 0.218 e. The van der Waals surface area contributed by atoms with Gasteiger partial charge >= 0.3 is 37.9 Å². The maximum atomic E-state index is 4.51. The van der Waals surface area contributed by atoms with E-state index in [2.05, 4.69) is 156 Å². The van der Waals surface area contributed by atoms with E-state index in [1.165, 1.54) is 0 Å². The Morgan fingerprint density at radius 3 is 0.485 bits per heavy atom. The van der Waals surface area contributed by atoms with Gasteiger partial charge in [0.25, 0.3) is 0 Å². The molecule has 0 radical (unpaired) electrons. The summed E-state index contributed by atoms with van der Waals surface area (Å²) in [5.74, 6) is 0. The molecule has 0 aliphatic rings. The Morgan fingerprint density at radius 1 is 0.273 bits per heavy atom. The summed E-state index contributed by atoms with van der Waals surface area (Å²) >= 11 is 0. The molecule has 0 aliphatic heterocycles. The zero-order valence-electron chi connectivity index (χ0n) is 17.9. The van der Waals surface area contributed by atoms with E-state index in [9.17, 15) is 0 Å². The maximum absolute atomic E-state index is 4.51. The molecule has 0 atom stereocenters. The fourth-order valence-electron chi connectivity index (χ4n) is 1.63. The lowest BCUT2D eigenvalue weighted by Crippen LogP contribution is -1.83. The quantitative estimate of drug-likeness (QED) is 0.144. The normalized spacial score (nSPS) is 11.9. The maximum Gasteiger partial charge on any atom is 0.509 e. The number of rotatable bonds is 16. The second kappa shape index (κ2) is 12.6. The third kappa shape index (κ3) is 6.69. The van der Waals surface area contributed by atoms with Crippen LogP contribution in [0.15, 0.2) is 75.2 Å². The van der Waals surface area contributed by atoms with Crippen LogP contribution < -0.4 is 0 Å². The first-order valence-electron chi connectivity index (χ1n) is 7.79. The largest absolute Gasteiger partial charge is 0.509 e. The second-order valence-electron chi connectivity index (χ2n) is 4.74. The van der Waals surface area contributed by atoms with Crippen LogP contribution in [0.4, 0.5) is 0 Å². The molecule has 0 unspecified atom stereocenters. The molecule has 176 valence electrons. The van der Waals surface area contributed by atoms with Crippen molar-refractivity contribution in [3.8, 4) is 0 Å². The molecule has 0 saturated carbocycles. The Balaban J connectivity index is 8.90. The molecule has 0 amide bonds. The van der Waals surface area contributed by atoms with Crippen LogP contribution in [0.1, 0.15) is 0 Å². The molecule has 0 saturated heterocycles. The van der Waals surface area contributed by atoms with Gasteiger partial charge in [-0.25, -0.2) is 57.2 Å². The van der Waals surface area contributed by atoms with Crippen LogP contribution in [0.25, 0.3) is 0 Å². The van der Waals surface area contributed by atoms with Crippen molar-refractivity contribution in [2.45, 2.75) is 0 Å². The molecule has 0 heterocycles. The zero-order valence-corrected chi connectivity index (χ0v) is 22.3. The number of hydrogen-bond acceptors (Lipinski definition) is 4. The molecule has 16 nitrogen and oxygen atoms in total. The summed E-state index contributed by atoms with van der Waals surface area (Å²) in [5.41, 5.74) is 0. The summed E-state index contributed by atoms with van der Waals surface area (Å²) in [6.07, 6.45) is 0. The molecule has 0 aromatic heterocycles. The Hall–Kier alpha value is -2.61. The van der Waals surface area contributed by atoms with E-state index in [0.29, 0.717) is 0 Å². The average Bonchev–Trinajstić information content (AvgIpc) is 2.88. The van der Waals surface area contributed by atoms with E-state index in [1.54, 1.807) is 0 Å². The van der Waals surface area contributed by atoms with Gasteiger partial charge in [0.05, 0.1) is 0 Å². The minimum atomic E-state index is -4.09. The van der Waals surface area contributed by atoms with Gasteiger partial charge in [0.1, 0.15) is 0 Å². The summed E-state index contributed by atoms with van der Waals surface area (Å²) in [4.78, 5) is 0. The van der Waals surface area contributed by atoms with Crippen molar-refractivity contribution in [2.24, 2.45) is 75.2 Å². The molecule has 33 heavy (non-hydrogen) atoms. The molecule has 21 heteroatoms. The monoisotopic (exact) mass is 547 g/mol. The SMILES string of the molecule is C=NP(N=C)(N=C)=N[P+](N=P(N=C)(N=C)N=C)(N=P(N=C)(N=C)N=C)N=P(N=C)(N=C)N=C. The third-order valence-electron chi connectivity index (χ3n) is 3.24. The van der Waals surface area contributed by atoms with Crippen molar-refractivity contribution in [1.29, 1.82) is 0 Å². The van der Waals surface area contributed by atoms with E-state index < -0.39 is 37.9 Å². The molecule has 0 aromatic carbocycles. The van der Waals surface area contributed by atoms with Crippen molar-refractivity contribution in [3.05, 3.63) is 0 Å². The predicted octanol–water partition coefficient (Wildman–Crippen LogP) is 6.86. The van der Waals surface area contributed by atoms with E-state index >= 15 is 0 Å². The van der Waals surface area contributed by atoms with E-state index in [-0.39, 0.29) is 0 Å². The van der Waals surface area contributed by atoms with Gasteiger partial charge in [0, 0.05) is 0 Å². The van der Waals surface area contributed by atoms with Gasteiger partial charge in [0.15, 0.2) is 0 Å². The average molecular weight is 547 g/mol. The minimum Gasteiger partial charge on any atom is -0.218 e. The summed E-state index contributed by atoms with van der Waals surface area (Å²) in [6, 6.07) is 0. The van der Waals surface area contributed by atoms with E-state index in [1.807, 2.05) is 0 Å². The van der Waals surface area contributed by atoms with Crippen LogP contribution in [0.3, 0.4) is 0 Å². The molecule has 0 N–H and O–H groups in total. The molecule has 0 fully saturated rings. The topological polar surface area (TPSA) is 198 Å². The number of nitrogens with zero attached hydrogens (tertiary/aromatic N) is 16. The summed E-state index contributed by atoms with van der Waals surface area (Å²) in [7, 11) is -18.0. The molecule has 0 rings (SSSR count). The molecule has 0 aliphatic carbocycles. The van der Waals surface area contributed by atoms with Crippen molar-refractivity contribution >= 4 is 119 Å². The molecule has 0 spiro atoms. The second-order valence-corrected chi connectivity index (χ2v) is 16.4. The molecule has 0 aromatic rings. The Bertz CT molecular complexity index is 863. The fraction of sp³-hybridized carbons (Fsp3) is 0. The zero-order chi connectivity index (χ0) is 25.8. The highest BCUT2D eigenvalue weighted by atomic mass is 31.3. The van der Waals surface area contributed by atoms with Crippen molar-refractivity contribution in [1.82, 2.24) is 0 Å². The third-order valence-corrected chi connectivity index (χ3v) is 15.5. The van der Waals surface area contributed by atoms with Crippen molar-refractivity contribution in [3.63, 3.8) is 0 Å². The van der Waals surface area contributed by atoms with Crippen molar-refractivity contribution < 1.29 is 0 Å². The van der Waals surface area contributed by atoms with Gasteiger partial charge in [-0.1, -0.05) is 0 Å². The summed E-state index contributed by atoms with van der Waals surface area (Å²) in [6.45, 7) is 41.6. The van der Waals surface area contributed by atoms with Crippen LogP contribution in [-0.4, -0.2) is 80.6 Å². The van der Waals surface area contributed by atoms with Crippen LogP contribution in [-0.2, 0) is 0 Å². The number of hydrogen-bond donors (Lipinski definition) is 0. The fourth-order valence-corrected chi connectivity index (χ4v) is 13.4. The Morgan fingerprint density at radius 2 is 0.394 bits per heavy atom. The lowest BCUT2D eigenvalue weighted by Gasteiger charge is -2.16. The van der Waals surface area contributed by atoms with Crippen LogP contribution in [0.2, 0.25) is 0 Å². The summed E-state index contributed by atoms with van der Waals surface area (Å²) < 4.78 is 64.5. The lowest BCUT2D eigenvalue weighted by atomic mass is 11.8. The Kier molecular flexibility index (Phi) is 11.6. The molecule has 0 bridgehead atoms. The predicted molar refractivity (Wildman–Crippen MR) is 159 cm³/mol. The first-order valence-corrected chi connectivity index (χ1v) is 15.8. The molecular formula is C12H24N16P5+. The highest BCUT2D eigenvalue weighted by Crippen LogP contribution is 2.86. The van der Waals surface area contributed by atoms with Gasteiger partial charge < -0.3 is 0 Å². The Labute approximate surface area is 193 Å². The van der Waals surface area contributed by atoms with Crippen LogP contribution in [0, 0.1) is 0 Å². The van der Waals surface area contributed by atoms with Gasteiger partial charge in [-0.2, -0.15) is 0 Å². The standard InChI is InChI=1S/C12H24N16P5/c1-13-29(14-2,15-3)25-33(26-30(16-4,17-5)18-6,27-31(19-7,20-8)21-9)28-32(22-10,23-11)24-12/h1-12H2/q+1. The first kappa shape index (κ1) is 30.4. The van der Waals surface area contributed by atoms with Gasteiger partial charge in [-0.3, -0.25) is 0 Å². The van der Waals surface area contributed by atoms with Crippen molar-refractivity contribution in [2.75, 3.05) is 0 Å². The van der Waals surface area contributed by atoms with Crippen LogP contribution >= 0.6 is 37.9 Å². The van der Waals surface area contributed by atoms with Gasteiger partial charge in [0.2, 0.25) is 0 Å². The van der Waals surface area contributed by atoms with E-state index in [4.69, 9.17) is 0 Å². The van der Waals surface area contributed by atoms with Gasteiger partial charge in [-0.15, -0.1) is 0 Å². The highest BCUT2D eigenvalue weighted by Gasteiger charge is 2.52. The highest BCUT2D eigenvalue weighted by molar-refractivity contribution is 7.89. The minimum absolute atomic E-state index is 3.47. The molecular weight excluding hydrogens is 523 g/mol. The van der Waals surface area contributed by atoms with E-state index in [0.717, 1.165) is 0 Å².